The number of rotatable bonds is 6. The molecule has 0 amide bonds. The summed E-state index contributed by atoms with van der Waals surface area (Å²) < 4.78 is 2.25. The zero-order valence-electron chi connectivity index (χ0n) is 33.9. The van der Waals surface area contributed by atoms with Crippen LogP contribution in [0.2, 0.25) is 0 Å². The molecular weight excluding hydrogens is 878 g/mol. The van der Waals surface area contributed by atoms with Gasteiger partial charge in [-0.05, 0) is 94.0 Å². The summed E-state index contributed by atoms with van der Waals surface area (Å²) >= 11 is 0. The molecule has 57 heavy (non-hydrogen) atoms. The van der Waals surface area contributed by atoms with E-state index in [1.807, 2.05) is 31.3 Å². The van der Waals surface area contributed by atoms with E-state index < -0.39 is 0 Å². The minimum absolute atomic E-state index is 0. The Bertz CT molecular complexity index is 2730. The van der Waals surface area contributed by atoms with Gasteiger partial charge in [-0.2, -0.15) is 0 Å². The summed E-state index contributed by atoms with van der Waals surface area (Å²) in [4.78, 5) is 10.4. The van der Waals surface area contributed by atoms with Gasteiger partial charge in [-0.25, -0.2) is 4.98 Å². The van der Waals surface area contributed by atoms with Gasteiger partial charge in [0, 0.05) is 33.0 Å². The van der Waals surface area contributed by atoms with Gasteiger partial charge in [0.05, 0.1) is 22.3 Å². The Morgan fingerprint density at radius 2 is 1.25 bits per heavy atom. The van der Waals surface area contributed by atoms with Gasteiger partial charge in [0.2, 0.25) is 0 Å². The van der Waals surface area contributed by atoms with Crippen molar-refractivity contribution < 1.29 is 26.2 Å². The molecule has 1 N–H and O–H groups in total. The van der Waals surface area contributed by atoms with Crippen LogP contribution < -0.4 is 0 Å². The van der Waals surface area contributed by atoms with Crippen molar-refractivity contribution in [1.82, 2.24) is 14.5 Å². The molecule has 2 aromatic heterocycles. The molecule has 4 nitrogen and oxygen atoms in total. The maximum atomic E-state index is 11.7. The van der Waals surface area contributed by atoms with Crippen LogP contribution >= 0.6 is 0 Å². The molecular formula is C52H48N3OPt-. The van der Waals surface area contributed by atoms with Crippen LogP contribution in [-0.2, 0) is 31.9 Å². The third-order valence-corrected chi connectivity index (χ3v) is 10.7. The number of pyridine rings is 1. The molecule has 288 valence electrons. The van der Waals surface area contributed by atoms with E-state index in [9.17, 15) is 5.11 Å². The molecule has 0 aliphatic carbocycles. The molecule has 8 rings (SSSR count). The second-order valence-electron chi connectivity index (χ2n) is 17.0. The Balaban J connectivity index is 0.00000496. The fraction of sp³-hybridized carbons (Fsp3) is 0.192. The minimum Gasteiger partial charge on any atom is -0.507 e. The van der Waals surface area contributed by atoms with Gasteiger partial charge >= 0.3 is 0 Å². The summed E-state index contributed by atoms with van der Waals surface area (Å²) in [5.41, 5.74) is 15.7. The number of para-hydroxylation sites is 1. The van der Waals surface area contributed by atoms with E-state index >= 15 is 0 Å². The zero-order chi connectivity index (χ0) is 39.4. The Labute approximate surface area is 351 Å². The van der Waals surface area contributed by atoms with Crippen molar-refractivity contribution in [1.29, 1.82) is 0 Å². The standard InChI is InChI=1S/C52H48N3O.Pt/c1-33-26-34(2)49(56)43(27-33)50-54-48-42(20-15-21-47(48)55(50)46-23-22-37(31-44(46)52(6,7)8)35-16-11-9-12-17-35)39-28-40(30-41(29-39)51(3,4)5)45-32-38(24-25-53-45)36-18-13-10-14-19-36;/h9-27,29-32,56H,1-8H3;/q-1;. The van der Waals surface area contributed by atoms with Crippen LogP contribution in [0.15, 0.2) is 140 Å². The Kier molecular flexibility index (Phi) is 10.7. The smallest absolute Gasteiger partial charge is 0.148 e. The summed E-state index contributed by atoms with van der Waals surface area (Å²) in [6.07, 6.45) is 1.88. The van der Waals surface area contributed by atoms with Crippen molar-refractivity contribution in [3.8, 4) is 67.5 Å². The fourth-order valence-electron chi connectivity index (χ4n) is 7.69. The average molecular weight is 926 g/mol. The van der Waals surface area contributed by atoms with Crippen molar-refractivity contribution in [3.63, 3.8) is 0 Å². The van der Waals surface area contributed by atoms with Crippen LogP contribution in [-0.4, -0.2) is 19.6 Å². The molecule has 0 atom stereocenters. The van der Waals surface area contributed by atoms with Gasteiger partial charge in [-0.15, -0.1) is 29.3 Å². The molecule has 8 aromatic rings. The SMILES string of the molecule is Cc1cc(C)c(O)c(-c2nc3c(-c4[c-]c(-c5cc(-c6ccccc6)ccn5)cc(C(C)(C)C)c4)cccc3n2-c2ccc(-c3ccccc3)cc2C(C)(C)C)c1.[Pt]. The maximum Gasteiger partial charge on any atom is 0.148 e. The second-order valence-corrected chi connectivity index (χ2v) is 17.0. The summed E-state index contributed by atoms with van der Waals surface area (Å²) in [6, 6.07) is 50.6. The van der Waals surface area contributed by atoms with Gasteiger partial charge in [-0.1, -0.05) is 144 Å². The molecule has 0 spiro atoms. The van der Waals surface area contributed by atoms with Crippen molar-refractivity contribution in [3.05, 3.63) is 168 Å². The number of phenolic OH excluding ortho intramolecular Hbond substituents is 1. The van der Waals surface area contributed by atoms with Crippen LogP contribution in [0.1, 0.15) is 63.8 Å². The summed E-state index contributed by atoms with van der Waals surface area (Å²) in [5, 5.41) is 11.7. The van der Waals surface area contributed by atoms with E-state index in [1.54, 1.807) is 0 Å². The zero-order valence-corrected chi connectivity index (χ0v) is 36.2. The molecule has 2 heterocycles. The number of fused-ring (bicyclic) bond motifs is 1. The number of hydrogen-bond acceptors (Lipinski definition) is 3. The summed E-state index contributed by atoms with van der Waals surface area (Å²) in [6.45, 7) is 17.5. The predicted molar refractivity (Wildman–Crippen MR) is 233 cm³/mol. The van der Waals surface area contributed by atoms with E-state index in [4.69, 9.17) is 9.97 Å². The van der Waals surface area contributed by atoms with E-state index in [-0.39, 0.29) is 37.6 Å². The van der Waals surface area contributed by atoms with Crippen molar-refractivity contribution >= 4 is 11.0 Å². The number of hydrogen-bond donors (Lipinski definition) is 1. The first-order valence-corrected chi connectivity index (χ1v) is 19.4. The average Bonchev–Trinajstić information content (AvgIpc) is 3.58. The van der Waals surface area contributed by atoms with Gasteiger partial charge in [0.1, 0.15) is 11.6 Å². The molecule has 0 aliphatic rings. The maximum absolute atomic E-state index is 11.7. The summed E-state index contributed by atoms with van der Waals surface area (Å²) in [5.74, 6) is 0.930. The molecule has 0 fully saturated rings. The first-order chi connectivity index (χ1) is 26.8. The molecule has 0 aliphatic heterocycles. The van der Waals surface area contributed by atoms with Crippen LogP contribution in [0, 0.1) is 19.9 Å². The molecule has 0 unspecified atom stereocenters. The Morgan fingerprint density at radius 1 is 0.596 bits per heavy atom. The van der Waals surface area contributed by atoms with E-state index in [0.29, 0.717) is 11.4 Å². The normalized spacial score (nSPS) is 11.8. The van der Waals surface area contributed by atoms with Crippen molar-refractivity contribution in [2.24, 2.45) is 0 Å². The van der Waals surface area contributed by atoms with Gasteiger partial charge in [0.15, 0.2) is 0 Å². The van der Waals surface area contributed by atoms with Crippen LogP contribution in [0.25, 0.3) is 72.7 Å². The first-order valence-electron chi connectivity index (χ1n) is 19.4. The number of aromatic nitrogens is 3. The van der Waals surface area contributed by atoms with Crippen LogP contribution in [0.3, 0.4) is 0 Å². The Morgan fingerprint density at radius 3 is 1.89 bits per heavy atom. The third kappa shape index (κ3) is 7.76. The van der Waals surface area contributed by atoms with E-state index in [0.717, 1.165) is 66.9 Å². The summed E-state index contributed by atoms with van der Waals surface area (Å²) in [7, 11) is 0. The fourth-order valence-corrected chi connectivity index (χ4v) is 7.69. The number of phenols is 1. The number of aromatic hydroxyl groups is 1. The topological polar surface area (TPSA) is 50.9 Å². The molecule has 0 radical (unpaired) electrons. The number of imidazole rings is 1. The molecule has 0 bridgehead atoms. The molecule has 6 aromatic carbocycles. The number of nitrogens with zero attached hydrogens (tertiary/aromatic N) is 3. The van der Waals surface area contributed by atoms with Gasteiger partial charge < -0.3 is 5.11 Å². The van der Waals surface area contributed by atoms with Crippen molar-refractivity contribution in [2.45, 2.75) is 66.2 Å². The van der Waals surface area contributed by atoms with Crippen molar-refractivity contribution in [2.75, 3.05) is 0 Å². The van der Waals surface area contributed by atoms with E-state index in [1.165, 1.54) is 16.7 Å². The van der Waals surface area contributed by atoms with Gasteiger partial charge in [-0.3, -0.25) is 9.55 Å². The monoisotopic (exact) mass is 925 g/mol. The van der Waals surface area contributed by atoms with E-state index in [2.05, 4.69) is 174 Å². The molecule has 0 saturated carbocycles. The predicted octanol–water partition coefficient (Wildman–Crippen LogP) is 13.5. The second kappa shape index (κ2) is 15.4. The quantitative estimate of drug-likeness (QED) is 0.169. The Hall–Kier alpha value is -5.57. The number of aryl methyl sites for hydroxylation is 2. The largest absolute Gasteiger partial charge is 0.507 e. The molecule has 0 saturated heterocycles. The molecule has 5 heteroatoms. The van der Waals surface area contributed by atoms with Crippen LogP contribution in [0.5, 0.6) is 5.75 Å². The first kappa shape index (κ1) is 39.7. The van der Waals surface area contributed by atoms with Crippen LogP contribution in [0.4, 0.5) is 0 Å². The third-order valence-electron chi connectivity index (χ3n) is 10.7. The van der Waals surface area contributed by atoms with Gasteiger partial charge in [0.25, 0.3) is 0 Å². The number of benzene rings is 6. The minimum atomic E-state index is -0.207.